The van der Waals surface area contributed by atoms with Crippen LogP contribution in [0.4, 0.5) is 0 Å². The first-order valence-corrected chi connectivity index (χ1v) is 11.4. The summed E-state index contributed by atoms with van der Waals surface area (Å²) in [5.41, 5.74) is -1.31. The number of cyclic esters (lactones) is 4. The molecule has 1 spiro atoms. The van der Waals surface area contributed by atoms with Gasteiger partial charge < -0.3 is 9.47 Å². The highest BCUT2D eigenvalue weighted by molar-refractivity contribution is 6.47. The van der Waals surface area contributed by atoms with Gasteiger partial charge >= 0.3 is 23.9 Å². The quantitative estimate of drug-likeness (QED) is 0.348. The Morgan fingerprint density at radius 1 is 0.765 bits per heavy atom. The molecule has 0 radical (unpaired) electrons. The zero-order chi connectivity index (χ0) is 23.8. The van der Waals surface area contributed by atoms with Crippen LogP contribution in [0.3, 0.4) is 0 Å². The molecule has 2 unspecified atom stereocenters. The van der Waals surface area contributed by atoms with Gasteiger partial charge in [-0.3, -0.25) is 4.79 Å². The molecule has 2 aromatic rings. The average molecular weight is 532 g/mol. The zero-order valence-corrected chi connectivity index (χ0v) is 19.4. The minimum Gasteiger partial charge on any atom is -0.389 e. The molecule has 0 saturated carbocycles. The smallest absolute Gasteiger partial charge is 0.348 e. The van der Waals surface area contributed by atoms with E-state index in [0.29, 0.717) is 27.1 Å². The molecule has 0 aromatic heterocycles. The molecule has 10 heteroatoms. The summed E-state index contributed by atoms with van der Waals surface area (Å²) in [7, 11) is 0. The molecule has 0 bridgehead atoms. The second-order valence-corrected chi connectivity index (χ2v) is 9.93. The molecule has 7 rings (SSSR count). The predicted molar refractivity (Wildman–Crippen MR) is 123 cm³/mol. The van der Waals surface area contributed by atoms with Crippen LogP contribution in [-0.2, 0) is 28.7 Å². The van der Waals surface area contributed by atoms with Gasteiger partial charge in [0, 0.05) is 32.1 Å². The SMILES string of the molecule is O=C1OC(=O)C23C1=CC(Cl)=C1c4c(Cl)ccc5ccc(Cl)c(c45)C(=C(Cl)C4=C2C(=O)OC4=O)C13. The lowest BCUT2D eigenvalue weighted by Gasteiger charge is -2.46. The molecule has 5 aliphatic rings. The molecule has 1 fully saturated rings. The van der Waals surface area contributed by atoms with Crippen LogP contribution in [-0.4, -0.2) is 23.9 Å². The Balaban J connectivity index is 1.80. The number of fused-ring (bicyclic) bond motifs is 2. The number of carbonyl (C=O) groups excluding carboxylic acids is 4. The van der Waals surface area contributed by atoms with Crippen molar-refractivity contribution in [3.63, 3.8) is 0 Å². The Kier molecular flexibility index (Phi) is 3.74. The van der Waals surface area contributed by atoms with Gasteiger partial charge in [-0.25, -0.2) is 14.4 Å². The van der Waals surface area contributed by atoms with Gasteiger partial charge in [-0.2, -0.15) is 0 Å². The van der Waals surface area contributed by atoms with Gasteiger partial charge in [0.1, 0.15) is 5.41 Å². The molecule has 2 atom stereocenters. The number of allylic oxidation sites excluding steroid dienone is 4. The van der Waals surface area contributed by atoms with Crippen LogP contribution in [0, 0.1) is 11.3 Å². The minimum absolute atomic E-state index is 0.114. The van der Waals surface area contributed by atoms with Gasteiger partial charge in [0.05, 0.1) is 21.8 Å². The van der Waals surface area contributed by atoms with Gasteiger partial charge in [-0.05, 0) is 40.1 Å². The van der Waals surface area contributed by atoms with Crippen molar-refractivity contribution < 1.29 is 28.7 Å². The first-order valence-electron chi connectivity index (χ1n) is 9.90. The molecule has 1 saturated heterocycles. The van der Waals surface area contributed by atoms with Crippen LogP contribution in [0.1, 0.15) is 11.1 Å². The maximum atomic E-state index is 13.5. The van der Waals surface area contributed by atoms with Gasteiger partial charge in [0.15, 0.2) is 0 Å². The van der Waals surface area contributed by atoms with Crippen molar-refractivity contribution in [3.8, 4) is 0 Å². The van der Waals surface area contributed by atoms with E-state index in [9.17, 15) is 19.2 Å². The summed E-state index contributed by atoms with van der Waals surface area (Å²) in [5.74, 6) is -5.23. The van der Waals surface area contributed by atoms with E-state index >= 15 is 0 Å². The molecule has 3 aliphatic carbocycles. The summed E-state index contributed by atoms with van der Waals surface area (Å²) in [5, 5.41) is 1.95. The summed E-state index contributed by atoms with van der Waals surface area (Å²) < 4.78 is 9.88. The van der Waals surface area contributed by atoms with E-state index in [1.807, 2.05) is 0 Å². The fraction of sp³-hybridized carbons (Fsp3) is 0.0833. The number of halogens is 4. The van der Waals surface area contributed by atoms with Crippen LogP contribution < -0.4 is 0 Å². The second kappa shape index (κ2) is 6.20. The number of benzene rings is 2. The zero-order valence-electron chi connectivity index (χ0n) is 16.4. The number of esters is 4. The molecule has 2 heterocycles. The Hall–Kier alpha value is -2.90. The van der Waals surface area contributed by atoms with Crippen LogP contribution >= 0.6 is 46.4 Å². The van der Waals surface area contributed by atoms with Crippen molar-refractivity contribution in [1.82, 2.24) is 0 Å². The summed E-state index contributed by atoms with van der Waals surface area (Å²) in [6.45, 7) is 0. The third-order valence-corrected chi connectivity index (χ3v) is 8.34. The maximum absolute atomic E-state index is 13.5. The van der Waals surface area contributed by atoms with E-state index < -0.39 is 35.2 Å². The molecule has 0 amide bonds. The summed E-state index contributed by atoms with van der Waals surface area (Å²) in [4.78, 5) is 52.0. The van der Waals surface area contributed by atoms with E-state index in [4.69, 9.17) is 55.9 Å². The molecule has 2 aromatic carbocycles. The standard InChI is InChI=1S/C24H6Cl4O6/c25-8-3-1-6-2-4-9(26)13-11(6)12(8)14-10(27)5-7-20(29)34-23(32)24(7)17(14)15(13)19(28)16-18(24)22(31)33-21(16)30/h1-5,17H. The maximum Gasteiger partial charge on any atom is 0.348 e. The lowest BCUT2D eigenvalue weighted by atomic mass is 9.52. The van der Waals surface area contributed by atoms with Gasteiger partial charge in [0.2, 0.25) is 0 Å². The van der Waals surface area contributed by atoms with Crippen molar-refractivity contribution in [2.24, 2.45) is 11.3 Å². The van der Waals surface area contributed by atoms with Gasteiger partial charge in [0.25, 0.3) is 0 Å². The van der Waals surface area contributed by atoms with Gasteiger partial charge in [-0.1, -0.05) is 58.5 Å². The predicted octanol–water partition coefficient (Wildman–Crippen LogP) is 5.08. The van der Waals surface area contributed by atoms with E-state index in [-0.39, 0.29) is 37.4 Å². The van der Waals surface area contributed by atoms with Crippen LogP contribution in [0.25, 0.3) is 21.9 Å². The highest BCUT2D eigenvalue weighted by Gasteiger charge is 2.71. The third-order valence-electron chi connectivity index (χ3n) is 7.01. The normalized spacial score (nSPS) is 26.6. The number of rotatable bonds is 0. The highest BCUT2D eigenvalue weighted by Crippen LogP contribution is 2.69. The lowest BCUT2D eigenvalue weighted by Crippen LogP contribution is -2.46. The molecule has 0 N–H and O–H groups in total. The first kappa shape index (κ1) is 20.5. The Labute approximate surface area is 210 Å². The fourth-order valence-electron chi connectivity index (χ4n) is 5.86. The Morgan fingerprint density at radius 2 is 1.41 bits per heavy atom. The largest absolute Gasteiger partial charge is 0.389 e. The topological polar surface area (TPSA) is 86.7 Å². The van der Waals surface area contributed by atoms with Gasteiger partial charge in [-0.15, -0.1) is 0 Å². The Morgan fingerprint density at radius 3 is 2.09 bits per heavy atom. The van der Waals surface area contributed by atoms with Crippen molar-refractivity contribution in [1.29, 1.82) is 0 Å². The minimum atomic E-state index is -2.03. The van der Waals surface area contributed by atoms with Crippen LogP contribution in [0.2, 0.25) is 10.0 Å². The summed E-state index contributed by atoms with van der Waals surface area (Å²) in [6.07, 6.45) is 1.28. The van der Waals surface area contributed by atoms with Crippen molar-refractivity contribution >= 4 is 92.2 Å². The lowest BCUT2D eigenvalue weighted by molar-refractivity contribution is -0.157. The summed E-state index contributed by atoms with van der Waals surface area (Å²) >= 11 is 26.9. The van der Waals surface area contributed by atoms with Crippen molar-refractivity contribution in [3.05, 3.63) is 78.3 Å². The number of hydrogen-bond acceptors (Lipinski definition) is 6. The summed E-state index contributed by atoms with van der Waals surface area (Å²) in [6, 6.07) is 6.91. The molecule has 6 nitrogen and oxygen atoms in total. The molecule has 166 valence electrons. The highest BCUT2D eigenvalue weighted by atomic mass is 35.5. The number of ether oxygens (including phenoxy) is 2. The molecule has 2 aliphatic heterocycles. The molecule has 34 heavy (non-hydrogen) atoms. The van der Waals surface area contributed by atoms with Crippen LogP contribution in [0.15, 0.2) is 57.1 Å². The first-order chi connectivity index (χ1) is 16.2. The van der Waals surface area contributed by atoms with E-state index in [0.717, 1.165) is 5.39 Å². The average Bonchev–Trinajstić information content (AvgIpc) is 3.22. The van der Waals surface area contributed by atoms with E-state index in [2.05, 4.69) is 0 Å². The number of carbonyl (C=O) groups is 4. The molecular weight excluding hydrogens is 526 g/mol. The van der Waals surface area contributed by atoms with Crippen molar-refractivity contribution in [2.75, 3.05) is 0 Å². The van der Waals surface area contributed by atoms with Crippen molar-refractivity contribution in [2.45, 2.75) is 0 Å². The fourth-order valence-corrected chi connectivity index (χ4v) is 7.07. The molecular formula is C24H6Cl4O6. The Bertz CT molecular complexity index is 1670. The van der Waals surface area contributed by atoms with Crippen LogP contribution in [0.5, 0.6) is 0 Å². The third kappa shape index (κ3) is 2.00. The monoisotopic (exact) mass is 530 g/mol. The van der Waals surface area contributed by atoms with E-state index in [1.165, 1.54) is 6.08 Å². The number of hydrogen-bond donors (Lipinski definition) is 0. The van der Waals surface area contributed by atoms with E-state index in [1.54, 1.807) is 24.3 Å². The second-order valence-electron chi connectivity index (χ2n) is 8.34.